The Morgan fingerprint density at radius 2 is 2.10 bits per heavy atom. The predicted molar refractivity (Wildman–Crippen MR) is 69.8 cm³/mol. The Morgan fingerprint density at radius 3 is 2.80 bits per heavy atom. The van der Waals surface area contributed by atoms with Crippen LogP contribution in [-0.4, -0.2) is 12.2 Å². The molecule has 108 valence electrons. The molecule has 1 aromatic rings. The molecule has 0 radical (unpaired) electrons. The van der Waals surface area contributed by atoms with Crippen LogP contribution in [0.1, 0.15) is 36.8 Å². The first kappa shape index (κ1) is 14.9. The molecule has 1 fully saturated rings. The van der Waals surface area contributed by atoms with Gasteiger partial charge in [-0.15, -0.1) is 0 Å². The number of nitrogens with one attached hydrogen (secondary N) is 1. The summed E-state index contributed by atoms with van der Waals surface area (Å²) < 4.78 is 38.1. The van der Waals surface area contributed by atoms with E-state index in [4.69, 9.17) is 5.26 Å². The van der Waals surface area contributed by atoms with E-state index in [0.29, 0.717) is 18.5 Å². The summed E-state index contributed by atoms with van der Waals surface area (Å²) >= 11 is 0. The largest absolute Gasteiger partial charge is 0.391 e. The van der Waals surface area contributed by atoms with E-state index in [1.165, 1.54) is 0 Å². The van der Waals surface area contributed by atoms with Gasteiger partial charge in [0, 0.05) is 12.6 Å². The molecule has 5 heteroatoms. The van der Waals surface area contributed by atoms with E-state index in [1.54, 1.807) is 18.2 Å². The number of hydrogen-bond donors (Lipinski definition) is 1. The first-order valence-corrected chi connectivity index (χ1v) is 6.78. The lowest BCUT2D eigenvalue weighted by molar-refractivity contribution is -0.183. The van der Waals surface area contributed by atoms with Gasteiger partial charge in [0.1, 0.15) is 0 Å². The third-order valence-corrected chi connectivity index (χ3v) is 3.79. The van der Waals surface area contributed by atoms with E-state index >= 15 is 0 Å². The molecule has 1 aromatic carbocycles. The highest BCUT2D eigenvalue weighted by Crippen LogP contribution is 2.37. The fourth-order valence-corrected chi connectivity index (χ4v) is 2.69. The summed E-state index contributed by atoms with van der Waals surface area (Å²) in [5.74, 6) is -1.18. The van der Waals surface area contributed by atoms with E-state index in [0.717, 1.165) is 12.0 Å². The van der Waals surface area contributed by atoms with Crippen LogP contribution in [0.25, 0.3) is 0 Å². The predicted octanol–water partition coefficient (Wildman–Crippen LogP) is 3.77. The third kappa shape index (κ3) is 3.97. The van der Waals surface area contributed by atoms with E-state index < -0.39 is 12.1 Å². The molecule has 1 aliphatic carbocycles. The molecule has 0 saturated heterocycles. The third-order valence-electron chi connectivity index (χ3n) is 3.79. The Hall–Kier alpha value is -1.54. The smallest absolute Gasteiger partial charge is 0.310 e. The minimum Gasteiger partial charge on any atom is -0.310 e. The quantitative estimate of drug-likeness (QED) is 0.916. The van der Waals surface area contributed by atoms with Crippen LogP contribution in [0.2, 0.25) is 0 Å². The van der Waals surface area contributed by atoms with Crippen LogP contribution >= 0.6 is 0 Å². The molecule has 1 saturated carbocycles. The molecular formula is C15H17F3N2. The maximum Gasteiger partial charge on any atom is 0.391 e. The first-order chi connectivity index (χ1) is 9.49. The van der Waals surface area contributed by atoms with Crippen molar-refractivity contribution in [1.29, 1.82) is 5.26 Å². The van der Waals surface area contributed by atoms with Gasteiger partial charge in [-0.2, -0.15) is 18.4 Å². The summed E-state index contributed by atoms with van der Waals surface area (Å²) in [6.07, 6.45) is -2.29. The molecule has 1 aliphatic rings. The molecule has 0 unspecified atom stereocenters. The SMILES string of the molecule is N#Cc1cccc(CN[C@@H]2CCC[C@H](C(F)(F)F)C2)c1. The van der Waals surface area contributed by atoms with Crippen molar-refractivity contribution in [3.63, 3.8) is 0 Å². The van der Waals surface area contributed by atoms with Crippen LogP contribution in [-0.2, 0) is 6.54 Å². The lowest BCUT2D eigenvalue weighted by Gasteiger charge is -2.31. The molecule has 0 bridgehead atoms. The molecule has 0 spiro atoms. The van der Waals surface area contributed by atoms with Gasteiger partial charge in [0.05, 0.1) is 17.6 Å². The highest BCUT2D eigenvalue weighted by molar-refractivity contribution is 5.32. The minimum atomic E-state index is -4.08. The van der Waals surface area contributed by atoms with Gasteiger partial charge in [-0.25, -0.2) is 0 Å². The molecule has 2 atom stereocenters. The second-order valence-corrected chi connectivity index (χ2v) is 5.30. The molecular weight excluding hydrogens is 265 g/mol. The summed E-state index contributed by atoms with van der Waals surface area (Å²) in [4.78, 5) is 0. The maximum absolute atomic E-state index is 12.7. The van der Waals surface area contributed by atoms with Gasteiger partial charge in [0.15, 0.2) is 0 Å². The first-order valence-electron chi connectivity index (χ1n) is 6.78. The van der Waals surface area contributed by atoms with E-state index in [-0.39, 0.29) is 18.9 Å². The van der Waals surface area contributed by atoms with Crippen LogP contribution < -0.4 is 5.32 Å². The van der Waals surface area contributed by atoms with Crippen LogP contribution in [0.5, 0.6) is 0 Å². The van der Waals surface area contributed by atoms with Crippen molar-refractivity contribution in [3.05, 3.63) is 35.4 Å². The molecule has 0 aliphatic heterocycles. The van der Waals surface area contributed by atoms with Gasteiger partial charge in [-0.05, 0) is 37.0 Å². The van der Waals surface area contributed by atoms with Crippen molar-refractivity contribution in [3.8, 4) is 6.07 Å². The second kappa shape index (κ2) is 6.27. The highest BCUT2D eigenvalue weighted by Gasteiger charge is 2.41. The van der Waals surface area contributed by atoms with Crippen molar-refractivity contribution in [2.75, 3.05) is 0 Å². The Labute approximate surface area is 116 Å². The Balaban J connectivity index is 1.89. The number of rotatable bonds is 3. The number of nitriles is 1. The van der Waals surface area contributed by atoms with Gasteiger partial charge in [-0.1, -0.05) is 18.6 Å². The number of hydrogen-bond acceptors (Lipinski definition) is 2. The van der Waals surface area contributed by atoms with Gasteiger partial charge < -0.3 is 5.32 Å². The molecule has 20 heavy (non-hydrogen) atoms. The van der Waals surface area contributed by atoms with Gasteiger partial charge in [-0.3, -0.25) is 0 Å². The van der Waals surface area contributed by atoms with Gasteiger partial charge in [0.2, 0.25) is 0 Å². The normalized spacial score (nSPS) is 23.3. The maximum atomic E-state index is 12.7. The number of benzene rings is 1. The topological polar surface area (TPSA) is 35.8 Å². The van der Waals surface area contributed by atoms with Crippen LogP contribution in [0.15, 0.2) is 24.3 Å². The fourth-order valence-electron chi connectivity index (χ4n) is 2.69. The van der Waals surface area contributed by atoms with Gasteiger partial charge >= 0.3 is 6.18 Å². The summed E-state index contributed by atoms with van der Waals surface area (Å²) in [5, 5.41) is 12.0. The Bertz CT molecular complexity index is 491. The Morgan fingerprint density at radius 1 is 1.30 bits per heavy atom. The van der Waals surface area contributed by atoms with E-state index in [9.17, 15) is 13.2 Å². The molecule has 0 amide bonds. The van der Waals surface area contributed by atoms with Crippen molar-refractivity contribution in [1.82, 2.24) is 5.32 Å². The molecule has 0 heterocycles. The van der Waals surface area contributed by atoms with Crippen LogP contribution in [0, 0.1) is 17.2 Å². The van der Waals surface area contributed by atoms with E-state index in [2.05, 4.69) is 11.4 Å². The van der Waals surface area contributed by atoms with E-state index in [1.807, 2.05) is 6.07 Å². The van der Waals surface area contributed by atoms with Gasteiger partial charge in [0.25, 0.3) is 0 Å². The Kier molecular flexibility index (Phi) is 4.66. The lowest BCUT2D eigenvalue weighted by atomic mass is 9.85. The number of nitrogens with zero attached hydrogens (tertiary/aromatic N) is 1. The minimum absolute atomic E-state index is 0.0962. The van der Waals surface area contributed by atoms with Crippen LogP contribution in [0.3, 0.4) is 0 Å². The average molecular weight is 282 g/mol. The fraction of sp³-hybridized carbons (Fsp3) is 0.533. The zero-order chi connectivity index (χ0) is 14.6. The zero-order valence-corrected chi connectivity index (χ0v) is 11.1. The summed E-state index contributed by atoms with van der Waals surface area (Å²) in [7, 11) is 0. The zero-order valence-electron chi connectivity index (χ0n) is 11.1. The standard InChI is InChI=1S/C15H17F3N2/c16-15(17,18)13-5-2-6-14(8-13)20-10-12-4-1-3-11(7-12)9-19/h1,3-4,7,13-14,20H,2,5-6,8,10H2/t13-,14+/m0/s1. The second-order valence-electron chi connectivity index (χ2n) is 5.30. The summed E-state index contributed by atoms with van der Waals surface area (Å²) in [6.45, 7) is 0.505. The summed E-state index contributed by atoms with van der Waals surface area (Å²) in [5.41, 5.74) is 1.50. The molecule has 0 aromatic heterocycles. The van der Waals surface area contributed by atoms with Crippen molar-refractivity contribution in [2.24, 2.45) is 5.92 Å². The van der Waals surface area contributed by atoms with Crippen molar-refractivity contribution >= 4 is 0 Å². The van der Waals surface area contributed by atoms with Crippen molar-refractivity contribution in [2.45, 2.75) is 44.4 Å². The molecule has 1 N–H and O–H groups in total. The van der Waals surface area contributed by atoms with Crippen LogP contribution in [0.4, 0.5) is 13.2 Å². The summed E-state index contributed by atoms with van der Waals surface area (Å²) in [6, 6.07) is 9.09. The number of alkyl halides is 3. The monoisotopic (exact) mass is 282 g/mol. The molecule has 2 rings (SSSR count). The molecule has 2 nitrogen and oxygen atoms in total. The average Bonchev–Trinajstić information content (AvgIpc) is 2.45. The van der Waals surface area contributed by atoms with Crippen molar-refractivity contribution < 1.29 is 13.2 Å². The lowest BCUT2D eigenvalue weighted by Crippen LogP contribution is -2.38. The number of halogens is 3. The highest BCUT2D eigenvalue weighted by atomic mass is 19.4.